The van der Waals surface area contributed by atoms with E-state index in [0.717, 1.165) is 117 Å². The lowest BCUT2D eigenvalue weighted by Gasteiger charge is -2.36. The van der Waals surface area contributed by atoms with Crippen LogP contribution in [0, 0.1) is 0 Å². The number of carbonyl (C=O) groups excluding carboxylic acids is 2. The van der Waals surface area contributed by atoms with Gasteiger partial charge in [0.25, 0.3) is 0 Å². The summed E-state index contributed by atoms with van der Waals surface area (Å²) in [6.07, 6.45) is 10.9. The molecular formula is C56H113N5O10. The normalized spacial score (nSPS) is 22.2. The van der Waals surface area contributed by atoms with Gasteiger partial charge in [-0.15, -0.1) is 0 Å². The molecule has 0 bridgehead atoms. The van der Waals surface area contributed by atoms with Crippen LogP contribution >= 0.6 is 0 Å². The number of amides is 2. The number of ether oxygens (including phenoxy) is 8. The summed E-state index contributed by atoms with van der Waals surface area (Å²) in [4.78, 5) is 26.5. The maximum absolute atomic E-state index is 11.9. The first-order valence-corrected chi connectivity index (χ1v) is 27.5. The molecule has 6 fully saturated rings. The molecule has 15 heteroatoms. The molecule has 6 saturated heterocycles. The van der Waals surface area contributed by atoms with Gasteiger partial charge in [-0.25, -0.2) is 4.79 Å². The second kappa shape index (κ2) is 32.0. The van der Waals surface area contributed by atoms with Crippen molar-refractivity contribution in [1.29, 1.82) is 0 Å². The summed E-state index contributed by atoms with van der Waals surface area (Å²) in [5.74, 6) is 0.153. The van der Waals surface area contributed by atoms with Crippen molar-refractivity contribution in [2.24, 2.45) is 0 Å². The van der Waals surface area contributed by atoms with Gasteiger partial charge in [0.1, 0.15) is 5.60 Å². The van der Waals surface area contributed by atoms with Gasteiger partial charge in [-0.05, 0) is 209 Å². The van der Waals surface area contributed by atoms with E-state index in [4.69, 9.17) is 37.9 Å². The Morgan fingerprint density at radius 1 is 0.451 bits per heavy atom. The lowest BCUT2D eigenvalue weighted by molar-refractivity contribution is -0.129. The Bertz CT molecular complexity index is 1400. The van der Waals surface area contributed by atoms with E-state index in [2.05, 4.69) is 113 Å². The summed E-state index contributed by atoms with van der Waals surface area (Å²) in [7, 11) is 0. The molecule has 0 radical (unpaired) electrons. The summed E-state index contributed by atoms with van der Waals surface area (Å²) >= 11 is 0. The number of nitrogens with zero attached hydrogens (tertiary/aromatic N) is 2. The molecular weight excluding hydrogens is 903 g/mol. The summed E-state index contributed by atoms with van der Waals surface area (Å²) in [6.45, 7) is 53.9. The topological polar surface area (TPSA) is 151 Å². The van der Waals surface area contributed by atoms with E-state index >= 15 is 0 Å². The minimum absolute atomic E-state index is 0.00199. The van der Waals surface area contributed by atoms with Gasteiger partial charge in [0.2, 0.25) is 5.91 Å². The van der Waals surface area contributed by atoms with Crippen LogP contribution in [0.4, 0.5) is 4.79 Å². The molecule has 0 aromatic rings. The largest absolute Gasteiger partial charge is 0.444 e. The predicted octanol–water partition coefficient (Wildman–Crippen LogP) is 9.70. The van der Waals surface area contributed by atoms with Gasteiger partial charge >= 0.3 is 6.09 Å². The van der Waals surface area contributed by atoms with E-state index in [1.165, 1.54) is 12.8 Å². The maximum atomic E-state index is 11.9. The third-order valence-corrected chi connectivity index (χ3v) is 11.0. The van der Waals surface area contributed by atoms with Crippen LogP contribution in [-0.4, -0.2) is 177 Å². The summed E-state index contributed by atoms with van der Waals surface area (Å²) in [5, 5.41) is 9.74. The van der Waals surface area contributed by atoms with Crippen LogP contribution in [0.2, 0.25) is 0 Å². The Hall–Kier alpha value is -1.66. The van der Waals surface area contributed by atoms with Crippen LogP contribution in [0.5, 0.6) is 0 Å². The average Bonchev–Trinajstić information content (AvgIpc) is 3.87. The van der Waals surface area contributed by atoms with Gasteiger partial charge in [0, 0.05) is 66.0 Å². The monoisotopic (exact) mass is 1020 g/mol. The number of hydrogen-bond acceptors (Lipinski definition) is 13. The highest BCUT2D eigenvalue weighted by molar-refractivity contribution is 5.73. The summed E-state index contributed by atoms with van der Waals surface area (Å²) < 4.78 is 45.1. The van der Waals surface area contributed by atoms with Crippen LogP contribution in [0.15, 0.2) is 0 Å². The molecule has 2 atom stereocenters. The number of likely N-dealkylation sites (tertiary alicyclic amines) is 2. The molecule has 0 aliphatic carbocycles. The number of piperidine rings is 2. The van der Waals surface area contributed by atoms with E-state index < -0.39 is 5.60 Å². The van der Waals surface area contributed by atoms with E-state index in [0.29, 0.717) is 30.5 Å². The first kappa shape index (κ1) is 67.4. The van der Waals surface area contributed by atoms with Crippen molar-refractivity contribution in [2.45, 2.75) is 273 Å². The minimum Gasteiger partial charge on any atom is -0.444 e. The highest BCUT2D eigenvalue weighted by Crippen LogP contribution is 2.23. The Morgan fingerprint density at radius 2 is 0.831 bits per heavy atom. The zero-order valence-electron chi connectivity index (χ0n) is 49.7. The zero-order chi connectivity index (χ0) is 54.3. The number of nitrogens with one attached hydrogen (secondary N) is 3. The second-order valence-electron chi connectivity index (χ2n) is 26.0. The third-order valence-electron chi connectivity index (χ3n) is 11.0. The Kier molecular flexibility index (Phi) is 30.4. The van der Waals surface area contributed by atoms with Crippen molar-refractivity contribution in [1.82, 2.24) is 25.8 Å². The first-order chi connectivity index (χ1) is 32.5. The van der Waals surface area contributed by atoms with Gasteiger partial charge in [-0.2, -0.15) is 0 Å². The predicted molar refractivity (Wildman–Crippen MR) is 290 cm³/mol. The quantitative estimate of drug-likeness (QED) is 0.222. The Balaban J connectivity index is 0.000000433. The lowest BCUT2D eigenvalue weighted by atomic mass is 10.1. The van der Waals surface area contributed by atoms with Crippen molar-refractivity contribution in [3.63, 3.8) is 0 Å². The highest BCUT2D eigenvalue weighted by atomic mass is 16.6. The summed E-state index contributed by atoms with van der Waals surface area (Å²) in [6, 6.07) is 0. The first-order valence-electron chi connectivity index (χ1n) is 27.5. The molecule has 6 aliphatic heterocycles. The van der Waals surface area contributed by atoms with Gasteiger partial charge < -0.3 is 63.6 Å². The van der Waals surface area contributed by atoms with Crippen molar-refractivity contribution in [2.75, 3.05) is 78.7 Å². The second-order valence-corrected chi connectivity index (χ2v) is 26.0. The average molecular weight is 1020 g/mol. The van der Waals surface area contributed by atoms with Gasteiger partial charge in [0.05, 0.1) is 70.7 Å². The van der Waals surface area contributed by atoms with E-state index in [9.17, 15) is 9.59 Å². The van der Waals surface area contributed by atoms with Crippen LogP contribution in [0.25, 0.3) is 0 Å². The number of rotatable bonds is 7. The molecule has 15 nitrogen and oxygen atoms in total. The fourth-order valence-corrected chi connectivity index (χ4v) is 8.28. The molecule has 0 aromatic carbocycles. The molecule has 6 heterocycles. The SMILES string of the molecule is CC(=O)N1CCC(OC(C)(C)C)C1.CC(C)(C)OC(=O)N1CCC(OC(C)(C)C)CC1.CC(C)(C)OC1CCNC1.CC(C)(C)OC1CCOCC1.CC(C)(C)OC1CNC1.CC(C)OC1CCNCC1. The fourth-order valence-electron chi connectivity index (χ4n) is 8.28. The highest BCUT2D eigenvalue weighted by Gasteiger charge is 2.31. The third kappa shape index (κ3) is 38.5. The molecule has 0 saturated carbocycles. The minimum atomic E-state index is -0.421. The maximum Gasteiger partial charge on any atom is 0.410 e. The van der Waals surface area contributed by atoms with Crippen molar-refractivity contribution >= 4 is 12.0 Å². The molecule has 0 aromatic heterocycles. The fraction of sp³-hybridized carbons (Fsp3) is 0.964. The van der Waals surface area contributed by atoms with Crippen LogP contribution < -0.4 is 16.0 Å². The molecule has 3 N–H and O–H groups in total. The lowest BCUT2D eigenvalue weighted by Crippen LogP contribution is -2.51. The summed E-state index contributed by atoms with van der Waals surface area (Å²) in [5.41, 5.74) is -0.572. The van der Waals surface area contributed by atoms with Crippen LogP contribution in [0.3, 0.4) is 0 Å². The molecule has 71 heavy (non-hydrogen) atoms. The van der Waals surface area contributed by atoms with Crippen LogP contribution in [0.1, 0.15) is 197 Å². The molecule has 6 aliphatic rings. The molecule has 422 valence electrons. The standard InChI is InChI=1S/C14H27NO3.C10H19NO2.C9H18O2.2C8H17NO.C7H15NO/c1-13(2,3)17-11-7-9-15(10-8-11)12(16)18-14(4,5)6;1-8(12)11-6-5-9(7-11)13-10(2,3)4;1-9(2,3)11-8-4-6-10-7-5-8;1-8(2,3)10-7-4-5-9-6-7;1-7(2)10-8-3-5-9-6-4-8;1-7(2,3)9-6-4-8-5-6/h11H,7-10H2,1-6H3;9H,5-7H2,1-4H3;8H,4-7H2,1-3H3;7,9H,4-6H2,1-3H3;7-9H,3-6H2,1-2H3;6,8H,4-5H2,1-3H3. The molecule has 2 unspecified atom stereocenters. The Morgan fingerprint density at radius 3 is 1.20 bits per heavy atom. The molecule has 6 rings (SSSR count). The van der Waals surface area contributed by atoms with Gasteiger partial charge in [0.15, 0.2) is 0 Å². The molecule has 0 spiro atoms. The van der Waals surface area contributed by atoms with Gasteiger partial charge in [-0.3, -0.25) is 4.79 Å². The van der Waals surface area contributed by atoms with Crippen LogP contribution in [-0.2, 0) is 42.7 Å². The van der Waals surface area contributed by atoms with Crippen molar-refractivity contribution in [3.8, 4) is 0 Å². The van der Waals surface area contributed by atoms with Gasteiger partial charge in [-0.1, -0.05) is 0 Å². The van der Waals surface area contributed by atoms with E-state index in [1.54, 1.807) is 11.8 Å². The zero-order valence-corrected chi connectivity index (χ0v) is 49.7. The number of carbonyl (C=O) groups is 2. The van der Waals surface area contributed by atoms with E-state index in [-0.39, 0.29) is 52.2 Å². The van der Waals surface area contributed by atoms with Crippen molar-refractivity contribution < 1.29 is 47.5 Å². The Labute approximate surface area is 435 Å². The smallest absolute Gasteiger partial charge is 0.410 e. The van der Waals surface area contributed by atoms with Crippen molar-refractivity contribution in [3.05, 3.63) is 0 Å². The molecule has 2 amide bonds. The number of hydrogen-bond donors (Lipinski definition) is 3. The van der Waals surface area contributed by atoms with E-state index in [1.807, 2.05) is 46.4 Å².